The third-order valence-electron chi connectivity index (χ3n) is 3.44. The topological polar surface area (TPSA) is 71.8 Å². The fourth-order valence-corrected chi connectivity index (χ4v) is 2.56. The number of benzene rings is 1. The summed E-state index contributed by atoms with van der Waals surface area (Å²) in [5.41, 5.74) is -1.19. The van der Waals surface area contributed by atoms with Crippen molar-refractivity contribution in [1.82, 2.24) is 4.98 Å². The van der Waals surface area contributed by atoms with Crippen molar-refractivity contribution in [1.29, 1.82) is 0 Å². The SMILES string of the molecule is O=C(O)C1(C(F)F)CC(c2ccc3ncc(Br)cc3c2)=NO1. The molecule has 1 aromatic carbocycles. The third kappa shape index (κ3) is 2.33. The first-order valence-corrected chi connectivity index (χ1v) is 7.04. The zero-order chi connectivity index (χ0) is 15.9. The first-order chi connectivity index (χ1) is 10.4. The second-order valence-electron chi connectivity index (χ2n) is 4.86. The van der Waals surface area contributed by atoms with E-state index < -0.39 is 24.4 Å². The first-order valence-electron chi connectivity index (χ1n) is 6.25. The Bertz CT molecular complexity index is 797. The molecule has 0 bridgehead atoms. The van der Waals surface area contributed by atoms with Gasteiger partial charge < -0.3 is 9.94 Å². The van der Waals surface area contributed by atoms with E-state index in [1.54, 1.807) is 24.4 Å². The van der Waals surface area contributed by atoms with E-state index in [2.05, 4.69) is 30.9 Å². The molecule has 22 heavy (non-hydrogen) atoms. The first kappa shape index (κ1) is 14.8. The van der Waals surface area contributed by atoms with Crippen LogP contribution < -0.4 is 0 Å². The van der Waals surface area contributed by atoms with Gasteiger partial charge in [-0.2, -0.15) is 0 Å². The summed E-state index contributed by atoms with van der Waals surface area (Å²) < 4.78 is 26.9. The van der Waals surface area contributed by atoms with Gasteiger partial charge in [0, 0.05) is 21.6 Å². The lowest BCUT2D eigenvalue weighted by molar-refractivity contribution is -0.183. The second kappa shape index (κ2) is 5.28. The minimum atomic E-state index is -3.18. The van der Waals surface area contributed by atoms with E-state index in [0.717, 1.165) is 15.4 Å². The fourth-order valence-electron chi connectivity index (χ4n) is 2.21. The van der Waals surface area contributed by atoms with Gasteiger partial charge in [-0.25, -0.2) is 13.6 Å². The van der Waals surface area contributed by atoms with Crippen molar-refractivity contribution in [3.8, 4) is 0 Å². The largest absolute Gasteiger partial charge is 0.478 e. The second-order valence-corrected chi connectivity index (χ2v) is 5.78. The number of rotatable bonds is 3. The van der Waals surface area contributed by atoms with Gasteiger partial charge in [-0.3, -0.25) is 4.98 Å². The summed E-state index contributed by atoms with van der Waals surface area (Å²) in [6.45, 7) is 0. The molecule has 1 aliphatic heterocycles. The third-order valence-corrected chi connectivity index (χ3v) is 3.88. The van der Waals surface area contributed by atoms with E-state index in [1.807, 2.05) is 6.07 Å². The normalized spacial score (nSPS) is 21.0. The Kier molecular flexibility index (Phi) is 3.56. The number of pyridine rings is 1. The van der Waals surface area contributed by atoms with Crippen molar-refractivity contribution < 1.29 is 23.5 Å². The number of carboxylic acids is 1. The smallest absolute Gasteiger partial charge is 0.357 e. The summed E-state index contributed by atoms with van der Waals surface area (Å²) in [6, 6.07) is 6.88. The van der Waals surface area contributed by atoms with Crippen LogP contribution in [0.25, 0.3) is 10.9 Å². The lowest BCUT2D eigenvalue weighted by atomic mass is 9.94. The molecule has 1 atom stereocenters. The number of nitrogens with zero attached hydrogens (tertiary/aromatic N) is 2. The van der Waals surface area contributed by atoms with Crippen molar-refractivity contribution in [3.05, 3.63) is 40.5 Å². The molecular formula is C14H9BrF2N2O3. The van der Waals surface area contributed by atoms with Gasteiger partial charge >= 0.3 is 5.97 Å². The molecule has 1 aromatic heterocycles. The number of aliphatic carboxylic acids is 1. The molecule has 1 unspecified atom stereocenters. The molecule has 0 spiro atoms. The number of oxime groups is 1. The quantitative estimate of drug-likeness (QED) is 0.900. The number of alkyl halides is 2. The highest BCUT2D eigenvalue weighted by atomic mass is 79.9. The van der Waals surface area contributed by atoms with Crippen LogP contribution in [0.1, 0.15) is 12.0 Å². The molecule has 3 rings (SSSR count). The molecule has 114 valence electrons. The number of hydrogen-bond acceptors (Lipinski definition) is 4. The van der Waals surface area contributed by atoms with Crippen LogP contribution in [-0.2, 0) is 9.63 Å². The van der Waals surface area contributed by atoms with Crippen LogP contribution in [0.4, 0.5) is 8.78 Å². The monoisotopic (exact) mass is 370 g/mol. The van der Waals surface area contributed by atoms with Crippen LogP contribution in [0.2, 0.25) is 0 Å². The molecule has 0 radical (unpaired) electrons. The maximum atomic E-state index is 13.0. The summed E-state index contributed by atoms with van der Waals surface area (Å²) >= 11 is 3.30. The summed E-state index contributed by atoms with van der Waals surface area (Å²) in [5, 5.41) is 13.3. The summed E-state index contributed by atoms with van der Waals surface area (Å²) in [6.07, 6.45) is -2.03. The molecule has 5 nitrogen and oxygen atoms in total. The average Bonchev–Trinajstić information content (AvgIpc) is 2.93. The van der Waals surface area contributed by atoms with E-state index in [1.165, 1.54) is 0 Å². The molecule has 1 N–H and O–H groups in total. The Morgan fingerprint density at radius 1 is 1.41 bits per heavy atom. The molecule has 0 saturated heterocycles. The van der Waals surface area contributed by atoms with Gasteiger partial charge in [-0.05, 0) is 34.1 Å². The molecule has 8 heteroatoms. The Balaban J connectivity index is 1.97. The summed E-state index contributed by atoms with van der Waals surface area (Å²) in [4.78, 5) is 19.9. The minimum absolute atomic E-state index is 0.171. The van der Waals surface area contributed by atoms with Gasteiger partial charge in [0.2, 0.25) is 0 Å². The van der Waals surface area contributed by atoms with E-state index in [0.29, 0.717) is 5.56 Å². The summed E-state index contributed by atoms with van der Waals surface area (Å²) in [7, 11) is 0. The van der Waals surface area contributed by atoms with Crippen LogP contribution in [0.5, 0.6) is 0 Å². The van der Waals surface area contributed by atoms with E-state index in [9.17, 15) is 13.6 Å². The highest BCUT2D eigenvalue weighted by Gasteiger charge is 2.55. The van der Waals surface area contributed by atoms with Crippen LogP contribution in [0.3, 0.4) is 0 Å². The highest BCUT2D eigenvalue weighted by molar-refractivity contribution is 9.10. The lowest BCUT2D eigenvalue weighted by Gasteiger charge is -2.19. The molecule has 2 heterocycles. The van der Waals surface area contributed by atoms with Gasteiger partial charge in [0.05, 0.1) is 17.6 Å². The van der Waals surface area contributed by atoms with E-state index in [-0.39, 0.29) is 5.71 Å². The predicted octanol–water partition coefficient (Wildman–Crippen LogP) is 3.21. The predicted molar refractivity (Wildman–Crippen MR) is 78.1 cm³/mol. The molecular weight excluding hydrogens is 362 g/mol. The average molecular weight is 371 g/mol. The standard InChI is InChI=1S/C14H9BrF2N2O3/c15-9-4-8-3-7(1-2-10(8)18-6-9)11-5-14(12(16)17,13(20)21)22-19-11/h1-4,6,12H,5H2,(H,20,21). The van der Waals surface area contributed by atoms with Crippen LogP contribution in [0.15, 0.2) is 40.1 Å². The molecule has 0 saturated carbocycles. The van der Waals surface area contributed by atoms with Crippen molar-refractivity contribution >= 4 is 38.5 Å². The van der Waals surface area contributed by atoms with E-state index in [4.69, 9.17) is 5.11 Å². The zero-order valence-electron chi connectivity index (χ0n) is 11.0. The molecule has 1 aliphatic rings. The van der Waals surface area contributed by atoms with Crippen LogP contribution in [0, 0.1) is 0 Å². The maximum absolute atomic E-state index is 13.0. The summed E-state index contributed by atoms with van der Waals surface area (Å²) in [5.74, 6) is -1.73. The zero-order valence-corrected chi connectivity index (χ0v) is 12.5. The van der Waals surface area contributed by atoms with Gasteiger partial charge in [-0.1, -0.05) is 11.2 Å². The van der Waals surface area contributed by atoms with Crippen molar-refractivity contribution in [2.45, 2.75) is 18.4 Å². The fraction of sp³-hybridized carbons (Fsp3) is 0.214. The number of carbonyl (C=O) groups is 1. The Morgan fingerprint density at radius 2 is 2.18 bits per heavy atom. The maximum Gasteiger partial charge on any atom is 0.357 e. The van der Waals surface area contributed by atoms with Gasteiger partial charge in [0.1, 0.15) is 0 Å². The van der Waals surface area contributed by atoms with E-state index >= 15 is 0 Å². The Labute approximate surface area is 131 Å². The number of aromatic nitrogens is 1. The molecule has 0 amide bonds. The number of hydrogen-bond donors (Lipinski definition) is 1. The number of carboxylic acid groups (broad SMARTS) is 1. The van der Waals surface area contributed by atoms with Crippen molar-refractivity contribution in [2.75, 3.05) is 0 Å². The molecule has 0 fully saturated rings. The Morgan fingerprint density at radius 3 is 2.82 bits per heavy atom. The van der Waals surface area contributed by atoms with Gasteiger partial charge in [-0.15, -0.1) is 0 Å². The van der Waals surface area contributed by atoms with Crippen LogP contribution in [-0.4, -0.2) is 33.8 Å². The minimum Gasteiger partial charge on any atom is -0.478 e. The molecule has 2 aromatic rings. The number of halogens is 3. The van der Waals surface area contributed by atoms with Crippen molar-refractivity contribution in [2.24, 2.45) is 5.16 Å². The van der Waals surface area contributed by atoms with Gasteiger partial charge in [0.15, 0.2) is 0 Å². The number of fused-ring (bicyclic) bond motifs is 1. The Hall–Kier alpha value is -2.09. The van der Waals surface area contributed by atoms with Crippen LogP contribution >= 0.6 is 15.9 Å². The highest BCUT2D eigenvalue weighted by Crippen LogP contribution is 2.33. The lowest BCUT2D eigenvalue weighted by Crippen LogP contribution is -2.45. The molecule has 0 aliphatic carbocycles. The van der Waals surface area contributed by atoms with Crippen molar-refractivity contribution in [3.63, 3.8) is 0 Å². The van der Waals surface area contributed by atoms with Gasteiger partial charge in [0.25, 0.3) is 12.0 Å².